The molecule has 4 heteroatoms. The summed E-state index contributed by atoms with van der Waals surface area (Å²) in [7, 11) is 2.17. The number of carbonyl (C=O) groups excluding carboxylic acids is 1. The number of rotatable bonds is 5. The van der Waals surface area contributed by atoms with Crippen LogP contribution < -0.4 is 0 Å². The minimum Gasteiger partial charge on any atom is -0.304 e. The predicted octanol–water partition coefficient (Wildman–Crippen LogP) is 3.39. The van der Waals surface area contributed by atoms with Crippen molar-refractivity contribution in [1.29, 1.82) is 0 Å². The van der Waals surface area contributed by atoms with Crippen molar-refractivity contribution < 1.29 is 4.79 Å². The third-order valence-electron chi connectivity index (χ3n) is 4.57. The fraction of sp³-hybridized carbons (Fsp3) is 0.350. The molecule has 0 radical (unpaired) electrons. The standard InChI is InChI=1S/C20H24N2OS/c1-21-11-13-22(14-12-21)15-16-3-5-17(6-4-16)20(23)18-7-9-19(24-2)10-8-18/h3-10H,11-15H2,1-2H3. The van der Waals surface area contributed by atoms with Crippen LogP contribution in [0.4, 0.5) is 0 Å². The second-order valence-corrected chi connectivity index (χ2v) is 7.21. The monoisotopic (exact) mass is 340 g/mol. The maximum absolute atomic E-state index is 12.6. The van der Waals surface area contributed by atoms with Gasteiger partial charge in [-0.05, 0) is 43.1 Å². The van der Waals surface area contributed by atoms with E-state index in [2.05, 4.69) is 29.0 Å². The number of hydrogen-bond acceptors (Lipinski definition) is 4. The summed E-state index contributed by atoms with van der Waals surface area (Å²) in [6, 6.07) is 15.9. The highest BCUT2D eigenvalue weighted by Gasteiger charge is 2.14. The van der Waals surface area contributed by atoms with Gasteiger partial charge in [0.25, 0.3) is 0 Å². The first-order valence-electron chi connectivity index (χ1n) is 8.34. The lowest BCUT2D eigenvalue weighted by molar-refractivity contribution is 0.103. The minimum atomic E-state index is 0.0915. The van der Waals surface area contributed by atoms with Gasteiger partial charge in [0.2, 0.25) is 0 Å². The van der Waals surface area contributed by atoms with Crippen molar-refractivity contribution in [3.63, 3.8) is 0 Å². The van der Waals surface area contributed by atoms with Gasteiger partial charge in [-0.2, -0.15) is 0 Å². The van der Waals surface area contributed by atoms with Gasteiger partial charge in [-0.3, -0.25) is 9.69 Å². The van der Waals surface area contributed by atoms with Crippen LogP contribution in [-0.4, -0.2) is 55.1 Å². The van der Waals surface area contributed by atoms with Crippen molar-refractivity contribution in [2.45, 2.75) is 11.4 Å². The first-order chi connectivity index (χ1) is 11.7. The van der Waals surface area contributed by atoms with E-state index in [1.165, 1.54) is 10.5 Å². The Morgan fingerprint density at radius 3 is 2.00 bits per heavy atom. The summed E-state index contributed by atoms with van der Waals surface area (Å²) in [5, 5.41) is 0. The highest BCUT2D eigenvalue weighted by molar-refractivity contribution is 7.98. The molecule has 24 heavy (non-hydrogen) atoms. The van der Waals surface area contributed by atoms with Crippen LogP contribution in [0.2, 0.25) is 0 Å². The second-order valence-electron chi connectivity index (χ2n) is 6.33. The molecule has 1 aliphatic heterocycles. The van der Waals surface area contributed by atoms with Gasteiger partial charge in [-0.25, -0.2) is 0 Å². The molecule has 1 heterocycles. The molecule has 1 fully saturated rings. The van der Waals surface area contributed by atoms with Crippen LogP contribution in [0.1, 0.15) is 21.5 Å². The molecule has 2 aromatic rings. The Balaban J connectivity index is 1.64. The first-order valence-corrected chi connectivity index (χ1v) is 9.57. The highest BCUT2D eigenvalue weighted by atomic mass is 32.2. The molecule has 3 rings (SSSR count). The molecule has 0 amide bonds. The first kappa shape index (κ1) is 17.2. The van der Waals surface area contributed by atoms with Crippen LogP contribution in [0.25, 0.3) is 0 Å². The Morgan fingerprint density at radius 1 is 0.917 bits per heavy atom. The highest BCUT2D eigenvalue weighted by Crippen LogP contribution is 2.18. The van der Waals surface area contributed by atoms with Gasteiger partial charge in [0.1, 0.15) is 0 Å². The zero-order valence-electron chi connectivity index (χ0n) is 14.4. The summed E-state index contributed by atoms with van der Waals surface area (Å²) in [5.74, 6) is 0.0915. The van der Waals surface area contributed by atoms with Gasteiger partial charge in [0, 0.05) is 48.7 Å². The molecule has 1 aliphatic rings. The van der Waals surface area contributed by atoms with Crippen LogP contribution >= 0.6 is 11.8 Å². The normalized spacial score (nSPS) is 16.2. The number of piperazine rings is 1. The molecule has 0 saturated carbocycles. The Bertz CT molecular complexity index is 674. The number of thioether (sulfide) groups is 1. The number of carbonyl (C=O) groups is 1. The molecule has 0 spiro atoms. The molecule has 2 aromatic carbocycles. The van der Waals surface area contributed by atoms with Gasteiger partial charge >= 0.3 is 0 Å². The van der Waals surface area contributed by atoms with Crippen LogP contribution in [0.5, 0.6) is 0 Å². The fourth-order valence-corrected chi connectivity index (χ4v) is 3.34. The van der Waals surface area contributed by atoms with Crippen molar-refractivity contribution in [2.75, 3.05) is 39.5 Å². The molecule has 0 N–H and O–H groups in total. The zero-order valence-corrected chi connectivity index (χ0v) is 15.2. The van der Waals surface area contributed by atoms with Crippen molar-refractivity contribution in [2.24, 2.45) is 0 Å². The fourth-order valence-electron chi connectivity index (χ4n) is 2.93. The maximum atomic E-state index is 12.6. The average Bonchev–Trinajstić information content (AvgIpc) is 2.64. The molecule has 0 unspecified atom stereocenters. The summed E-state index contributed by atoms with van der Waals surface area (Å²) in [6.45, 7) is 5.44. The third-order valence-corrected chi connectivity index (χ3v) is 5.31. The Labute approximate surface area is 148 Å². The number of likely N-dealkylation sites (N-methyl/N-ethyl adjacent to an activating group) is 1. The topological polar surface area (TPSA) is 23.6 Å². The number of ketones is 1. The van der Waals surface area contributed by atoms with Crippen LogP contribution in [0, 0.1) is 0 Å². The third kappa shape index (κ3) is 4.26. The Kier molecular flexibility index (Phi) is 5.72. The molecule has 0 aromatic heterocycles. The van der Waals surface area contributed by atoms with Gasteiger partial charge in [-0.15, -0.1) is 11.8 Å². The second kappa shape index (κ2) is 7.97. The zero-order chi connectivity index (χ0) is 16.9. The molecule has 3 nitrogen and oxygen atoms in total. The maximum Gasteiger partial charge on any atom is 0.193 e. The molecule has 0 bridgehead atoms. The van der Waals surface area contributed by atoms with Crippen LogP contribution in [0.3, 0.4) is 0 Å². The van der Waals surface area contributed by atoms with E-state index in [0.29, 0.717) is 0 Å². The summed E-state index contributed by atoms with van der Waals surface area (Å²) in [5.41, 5.74) is 2.78. The van der Waals surface area contributed by atoms with E-state index in [1.807, 2.05) is 42.7 Å². The Hall–Kier alpha value is -1.62. The molecule has 1 saturated heterocycles. The quantitative estimate of drug-likeness (QED) is 0.615. The van der Waals surface area contributed by atoms with Crippen molar-refractivity contribution in [3.8, 4) is 0 Å². The van der Waals surface area contributed by atoms with Gasteiger partial charge < -0.3 is 4.90 Å². The number of nitrogens with zero attached hydrogens (tertiary/aromatic N) is 2. The van der Waals surface area contributed by atoms with E-state index in [9.17, 15) is 4.79 Å². The Morgan fingerprint density at radius 2 is 1.46 bits per heavy atom. The lowest BCUT2D eigenvalue weighted by Gasteiger charge is -2.32. The molecule has 0 atom stereocenters. The summed E-state index contributed by atoms with van der Waals surface area (Å²) < 4.78 is 0. The smallest absolute Gasteiger partial charge is 0.193 e. The van der Waals surface area contributed by atoms with Crippen LogP contribution in [0.15, 0.2) is 53.4 Å². The van der Waals surface area contributed by atoms with Crippen molar-refractivity contribution >= 4 is 17.5 Å². The van der Waals surface area contributed by atoms with Crippen LogP contribution in [-0.2, 0) is 6.54 Å². The van der Waals surface area contributed by atoms with Crippen molar-refractivity contribution in [1.82, 2.24) is 9.80 Å². The van der Waals surface area contributed by atoms with E-state index in [-0.39, 0.29) is 5.78 Å². The SMILES string of the molecule is CSc1ccc(C(=O)c2ccc(CN3CCN(C)CC3)cc2)cc1. The van der Waals surface area contributed by atoms with E-state index >= 15 is 0 Å². The van der Waals surface area contributed by atoms with Crippen molar-refractivity contribution in [3.05, 3.63) is 65.2 Å². The van der Waals surface area contributed by atoms with E-state index in [4.69, 9.17) is 0 Å². The largest absolute Gasteiger partial charge is 0.304 e. The van der Waals surface area contributed by atoms with Gasteiger partial charge in [0.15, 0.2) is 5.78 Å². The number of benzene rings is 2. The molecular formula is C20H24N2OS. The molecular weight excluding hydrogens is 316 g/mol. The summed E-state index contributed by atoms with van der Waals surface area (Å²) >= 11 is 1.68. The molecule has 126 valence electrons. The predicted molar refractivity (Wildman–Crippen MR) is 101 cm³/mol. The van der Waals surface area contributed by atoms with Gasteiger partial charge in [-0.1, -0.05) is 24.3 Å². The van der Waals surface area contributed by atoms with Gasteiger partial charge in [0.05, 0.1) is 0 Å². The lowest BCUT2D eigenvalue weighted by Crippen LogP contribution is -2.43. The van der Waals surface area contributed by atoms with E-state index < -0.39 is 0 Å². The van der Waals surface area contributed by atoms with E-state index in [0.717, 1.165) is 43.9 Å². The number of hydrogen-bond donors (Lipinski definition) is 0. The summed E-state index contributed by atoms with van der Waals surface area (Å²) in [6.07, 6.45) is 2.04. The summed E-state index contributed by atoms with van der Waals surface area (Å²) in [4.78, 5) is 18.6. The molecule has 0 aliphatic carbocycles. The average molecular weight is 340 g/mol. The minimum absolute atomic E-state index is 0.0915. The lowest BCUT2D eigenvalue weighted by atomic mass is 10.0. The van der Waals surface area contributed by atoms with E-state index in [1.54, 1.807) is 11.8 Å².